The smallest absolute Gasteiger partial charge is 0.137 e. The zero-order chi connectivity index (χ0) is 16.4. The standard InChI is InChI=1S/C20H23N3O/c1-24-19-4-2-3-15(11-19)14-23-9-6-16(7-10-23)18-12-17-5-8-21-20(17)22-13-18/h2-5,8,11-13,16H,6-7,9-10,14H2,1H3,(H,21,22). The molecule has 1 aromatic carbocycles. The number of nitrogens with one attached hydrogen (secondary N) is 1. The highest BCUT2D eigenvalue weighted by Crippen LogP contribution is 2.30. The van der Waals surface area contributed by atoms with Gasteiger partial charge in [-0.15, -0.1) is 0 Å². The lowest BCUT2D eigenvalue weighted by atomic mass is 9.90. The number of aromatic nitrogens is 2. The van der Waals surface area contributed by atoms with E-state index in [0.717, 1.165) is 31.0 Å². The third-order valence-corrected chi connectivity index (χ3v) is 5.02. The maximum Gasteiger partial charge on any atom is 0.137 e. The van der Waals surface area contributed by atoms with E-state index in [9.17, 15) is 0 Å². The number of rotatable bonds is 4. The molecule has 0 bridgehead atoms. The third-order valence-electron chi connectivity index (χ3n) is 5.02. The number of aromatic amines is 1. The number of piperidine rings is 1. The molecule has 0 spiro atoms. The molecule has 1 fully saturated rings. The second-order valence-corrected chi connectivity index (χ2v) is 6.59. The fourth-order valence-electron chi connectivity index (χ4n) is 3.63. The van der Waals surface area contributed by atoms with Gasteiger partial charge in [-0.3, -0.25) is 4.90 Å². The SMILES string of the molecule is COc1cccc(CN2CCC(c3cnc4[nH]ccc4c3)CC2)c1. The first-order valence-electron chi connectivity index (χ1n) is 8.60. The molecular formula is C20H23N3O. The molecule has 1 saturated heterocycles. The molecule has 0 atom stereocenters. The van der Waals surface area contributed by atoms with Crippen molar-refractivity contribution in [1.82, 2.24) is 14.9 Å². The Morgan fingerprint density at radius 2 is 2.08 bits per heavy atom. The predicted molar refractivity (Wildman–Crippen MR) is 96.3 cm³/mol. The van der Waals surface area contributed by atoms with Gasteiger partial charge < -0.3 is 9.72 Å². The Balaban J connectivity index is 1.39. The Morgan fingerprint density at radius 3 is 2.92 bits per heavy atom. The molecule has 3 aromatic rings. The number of H-pyrrole nitrogens is 1. The molecule has 4 heteroatoms. The normalized spacial score (nSPS) is 16.5. The maximum absolute atomic E-state index is 5.32. The third kappa shape index (κ3) is 3.15. The largest absolute Gasteiger partial charge is 0.497 e. The maximum atomic E-state index is 5.32. The average molecular weight is 321 g/mol. The zero-order valence-corrected chi connectivity index (χ0v) is 14.0. The molecule has 0 amide bonds. The highest BCUT2D eigenvalue weighted by atomic mass is 16.5. The van der Waals surface area contributed by atoms with E-state index in [1.165, 1.54) is 29.4 Å². The van der Waals surface area contributed by atoms with Gasteiger partial charge in [0.1, 0.15) is 11.4 Å². The number of fused-ring (bicyclic) bond motifs is 1. The van der Waals surface area contributed by atoms with E-state index in [4.69, 9.17) is 4.74 Å². The van der Waals surface area contributed by atoms with Crippen molar-refractivity contribution < 1.29 is 4.74 Å². The lowest BCUT2D eigenvalue weighted by Gasteiger charge is -2.32. The van der Waals surface area contributed by atoms with Gasteiger partial charge in [0.25, 0.3) is 0 Å². The molecule has 2 aromatic heterocycles. The molecule has 1 aliphatic heterocycles. The fraction of sp³-hybridized carbons (Fsp3) is 0.350. The number of likely N-dealkylation sites (tertiary alicyclic amines) is 1. The van der Waals surface area contributed by atoms with Crippen LogP contribution < -0.4 is 4.74 Å². The Labute approximate surface area is 142 Å². The molecular weight excluding hydrogens is 298 g/mol. The van der Waals surface area contributed by atoms with Crippen LogP contribution in [0.25, 0.3) is 11.0 Å². The van der Waals surface area contributed by atoms with Gasteiger partial charge in [0.15, 0.2) is 0 Å². The molecule has 1 N–H and O–H groups in total. The number of ether oxygens (including phenoxy) is 1. The van der Waals surface area contributed by atoms with E-state index >= 15 is 0 Å². The first-order valence-corrected chi connectivity index (χ1v) is 8.60. The summed E-state index contributed by atoms with van der Waals surface area (Å²) in [6.45, 7) is 3.26. The molecule has 124 valence electrons. The minimum Gasteiger partial charge on any atom is -0.497 e. The van der Waals surface area contributed by atoms with Crippen molar-refractivity contribution in [3.8, 4) is 5.75 Å². The molecule has 0 unspecified atom stereocenters. The van der Waals surface area contributed by atoms with Crippen molar-refractivity contribution >= 4 is 11.0 Å². The van der Waals surface area contributed by atoms with Crippen LogP contribution in [0.4, 0.5) is 0 Å². The number of hydrogen-bond acceptors (Lipinski definition) is 3. The second kappa shape index (κ2) is 6.65. The van der Waals surface area contributed by atoms with Gasteiger partial charge in [0, 0.05) is 24.3 Å². The first kappa shape index (κ1) is 15.2. The molecule has 4 rings (SSSR count). The van der Waals surface area contributed by atoms with Crippen LogP contribution in [0.5, 0.6) is 5.75 Å². The minimum absolute atomic E-state index is 0.623. The molecule has 3 heterocycles. The number of hydrogen-bond donors (Lipinski definition) is 1. The van der Waals surface area contributed by atoms with Gasteiger partial charge in [-0.1, -0.05) is 12.1 Å². The van der Waals surface area contributed by atoms with Crippen LogP contribution in [-0.2, 0) is 6.54 Å². The van der Waals surface area contributed by atoms with Crippen molar-refractivity contribution in [2.45, 2.75) is 25.3 Å². The Kier molecular flexibility index (Phi) is 4.22. The van der Waals surface area contributed by atoms with Gasteiger partial charge in [0.2, 0.25) is 0 Å². The van der Waals surface area contributed by atoms with Crippen molar-refractivity contribution in [3.63, 3.8) is 0 Å². The van der Waals surface area contributed by atoms with Crippen LogP contribution in [0.3, 0.4) is 0 Å². The summed E-state index contributed by atoms with van der Waals surface area (Å²) in [6, 6.07) is 12.8. The van der Waals surface area contributed by atoms with Crippen LogP contribution in [0.2, 0.25) is 0 Å². The van der Waals surface area contributed by atoms with E-state index in [2.05, 4.69) is 45.2 Å². The summed E-state index contributed by atoms with van der Waals surface area (Å²) in [6.07, 6.45) is 6.39. The van der Waals surface area contributed by atoms with Crippen molar-refractivity contribution in [2.75, 3.05) is 20.2 Å². The average Bonchev–Trinajstić information content (AvgIpc) is 3.10. The van der Waals surface area contributed by atoms with Crippen molar-refractivity contribution in [1.29, 1.82) is 0 Å². The van der Waals surface area contributed by atoms with Crippen LogP contribution >= 0.6 is 0 Å². The number of nitrogens with zero attached hydrogens (tertiary/aromatic N) is 2. The van der Waals surface area contributed by atoms with Crippen LogP contribution in [0.15, 0.2) is 48.8 Å². The van der Waals surface area contributed by atoms with Gasteiger partial charge >= 0.3 is 0 Å². The molecule has 1 aliphatic rings. The summed E-state index contributed by atoms with van der Waals surface area (Å²) >= 11 is 0. The summed E-state index contributed by atoms with van der Waals surface area (Å²) < 4.78 is 5.32. The van der Waals surface area contributed by atoms with E-state index in [1.807, 2.05) is 18.5 Å². The number of benzene rings is 1. The monoisotopic (exact) mass is 321 g/mol. The summed E-state index contributed by atoms with van der Waals surface area (Å²) in [5, 5.41) is 1.21. The molecule has 0 radical (unpaired) electrons. The van der Waals surface area contributed by atoms with E-state index in [-0.39, 0.29) is 0 Å². The highest BCUT2D eigenvalue weighted by Gasteiger charge is 2.21. The molecule has 4 nitrogen and oxygen atoms in total. The van der Waals surface area contributed by atoms with E-state index < -0.39 is 0 Å². The Morgan fingerprint density at radius 1 is 1.21 bits per heavy atom. The predicted octanol–water partition coefficient (Wildman–Crippen LogP) is 3.95. The van der Waals surface area contributed by atoms with E-state index in [1.54, 1.807) is 7.11 Å². The number of pyridine rings is 1. The lowest BCUT2D eigenvalue weighted by Crippen LogP contribution is -2.32. The fourth-order valence-corrected chi connectivity index (χ4v) is 3.63. The quantitative estimate of drug-likeness (QED) is 0.791. The van der Waals surface area contributed by atoms with Crippen molar-refractivity contribution in [3.05, 3.63) is 59.9 Å². The summed E-state index contributed by atoms with van der Waals surface area (Å²) in [5.74, 6) is 1.56. The van der Waals surface area contributed by atoms with Crippen molar-refractivity contribution in [2.24, 2.45) is 0 Å². The minimum atomic E-state index is 0.623. The van der Waals surface area contributed by atoms with Gasteiger partial charge in [-0.25, -0.2) is 4.98 Å². The van der Waals surface area contributed by atoms with Crippen LogP contribution in [-0.4, -0.2) is 35.1 Å². The van der Waals surface area contributed by atoms with E-state index in [0.29, 0.717) is 5.92 Å². The lowest BCUT2D eigenvalue weighted by molar-refractivity contribution is 0.204. The molecule has 24 heavy (non-hydrogen) atoms. The summed E-state index contributed by atoms with van der Waals surface area (Å²) in [4.78, 5) is 10.2. The molecule has 0 aliphatic carbocycles. The van der Waals surface area contributed by atoms with Gasteiger partial charge in [-0.2, -0.15) is 0 Å². The Hall–Kier alpha value is -2.33. The highest BCUT2D eigenvalue weighted by molar-refractivity contribution is 5.75. The number of methoxy groups -OCH3 is 1. The topological polar surface area (TPSA) is 41.1 Å². The van der Waals surface area contributed by atoms with Gasteiger partial charge in [-0.05, 0) is 67.2 Å². The van der Waals surface area contributed by atoms with Crippen LogP contribution in [0, 0.1) is 0 Å². The molecule has 0 saturated carbocycles. The zero-order valence-electron chi connectivity index (χ0n) is 14.0. The summed E-state index contributed by atoms with van der Waals surface area (Å²) in [7, 11) is 1.72. The summed E-state index contributed by atoms with van der Waals surface area (Å²) in [5.41, 5.74) is 3.68. The second-order valence-electron chi connectivity index (χ2n) is 6.59. The first-order chi connectivity index (χ1) is 11.8. The van der Waals surface area contributed by atoms with Gasteiger partial charge in [0.05, 0.1) is 7.11 Å². The van der Waals surface area contributed by atoms with Crippen LogP contribution in [0.1, 0.15) is 29.9 Å². The Bertz CT molecular complexity index is 818.